The van der Waals surface area contributed by atoms with Gasteiger partial charge in [-0.05, 0) is 31.1 Å². The summed E-state index contributed by atoms with van der Waals surface area (Å²) in [5, 5.41) is 8.91. The minimum atomic E-state index is -0.727. The standard InChI is InChI=1S/C11H21NO2/c1-2-3-4-11(5-6-11)7-9(8-12)10(13)14/h9H,2-8,12H2,1H3,(H,13,14). The fourth-order valence-electron chi connectivity index (χ4n) is 2.08. The van der Waals surface area contributed by atoms with Crippen LogP contribution in [0.15, 0.2) is 0 Å². The number of rotatable bonds is 7. The molecule has 0 amide bonds. The zero-order chi connectivity index (χ0) is 10.6. The molecule has 0 aliphatic heterocycles. The molecule has 0 aromatic carbocycles. The largest absolute Gasteiger partial charge is 0.481 e. The fraction of sp³-hybridized carbons (Fsp3) is 0.909. The molecule has 0 aromatic rings. The molecule has 0 bridgehead atoms. The molecular weight excluding hydrogens is 178 g/mol. The molecule has 1 atom stereocenters. The molecule has 3 heteroatoms. The van der Waals surface area contributed by atoms with Crippen LogP contribution in [0.4, 0.5) is 0 Å². The first-order valence-corrected chi connectivity index (χ1v) is 5.56. The van der Waals surface area contributed by atoms with E-state index in [1.54, 1.807) is 0 Å². The predicted octanol–water partition coefficient (Wildman–Crippen LogP) is 2.01. The highest BCUT2D eigenvalue weighted by Crippen LogP contribution is 2.54. The second-order valence-corrected chi connectivity index (χ2v) is 4.58. The van der Waals surface area contributed by atoms with Crippen LogP contribution in [-0.2, 0) is 4.79 Å². The van der Waals surface area contributed by atoms with Crippen LogP contribution in [0.1, 0.15) is 45.4 Å². The van der Waals surface area contributed by atoms with Gasteiger partial charge in [-0.25, -0.2) is 0 Å². The van der Waals surface area contributed by atoms with Crippen molar-refractivity contribution in [2.45, 2.75) is 45.4 Å². The van der Waals surface area contributed by atoms with E-state index in [2.05, 4.69) is 6.92 Å². The summed E-state index contributed by atoms with van der Waals surface area (Å²) in [6, 6.07) is 0. The molecule has 0 saturated heterocycles. The van der Waals surface area contributed by atoms with E-state index in [-0.39, 0.29) is 12.5 Å². The highest BCUT2D eigenvalue weighted by Gasteiger charge is 2.44. The van der Waals surface area contributed by atoms with Crippen molar-refractivity contribution < 1.29 is 9.90 Å². The van der Waals surface area contributed by atoms with Crippen molar-refractivity contribution in [3.63, 3.8) is 0 Å². The van der Waals surface area contributed by atoms with E-state index in [0.29, 0.717) is 5.41 Å². The Hall–Kier alpha value is -0.570. The Bertz CT molecular complexity index is 199. The van der Waals surface area contributed by atoms with Crippen LogP contribution in [0.2, 0.25) is 0 Å². The lowest BCUT2D eigenvalue weighted by Gasteiger charge is -2.18. The number of carbonyl (C=O) groups is 1. The Balaban J connectivity index is 2.37. The number of carboxylic acid groups (broad SMARTS) is 1. The molecule has 3 N–H and O–H groups in total. The van der Waals surface area contributed by atoms with Crippen LogP contribution in [0.25, 0.3) is 0 Å². The monoisotopic (exact) mass is 199 g/mol. The van der Waals surface area contributed by atoms with Gasteiger partial charge in [-0.1, -0.05) is 19.8 Å². The van der Waals surface area contributed by atoms with E-state index in [9.17, 15) is 4.79 Å². The van der Waals surface area contributed by atoms with Gasteiger partial charge >= 0.3 is 5.97 Å². The number of hydrogen-bond donors (Lipinski definition) is 2. The van der Waals surface area contributed by atoms with Crippen molar-refractivity contribution in [3.8, 4) is 0 Å². The Morgan fingerprint density at radius 2 is 2.21 bits per heavy atom. The van der Waals surface area contributed by atoms with Crippen LogP contribution in [-0.4, -0.2) is 17.6 Å². The highest BCUT2D eigenvalue weighted by atomic mass is 16.4. The summed E-state index contributed by atoms with van der Waals surface area (Å²) in [6.45, 7) is 2.46. The molecule has 1 aliphatic rings. The second-order valence-electron chi connectivity index (χ2n) is 4.58. The normalized spacial score (nSPS) is 20.4. The van der Waals surface area contributed by atoms with Crippen molar-refractivity contribution in [1.29, 1.82) is 0 Å². The smallest absolute Gasteiger partial charge is 0.307 e. The van der Waals surface area contributed by atoms with Crippen LogP contribution in [0, 0.1) is 11.3 Å². The molecule has 3 nitrogen and oxygen atoms in total. The summed E-state index contributed by atoms with van der Waals surface area (Å²) in [6.07, 6.45) is 6.80. The van der Waals surface area contributed by atoms with Gasteiger partial charge in [0, 0.05) is 6.54 Å². The predicted molar refractivity (Wildman–Crippen MR) is 56.0 cm³/mol. The quantitative estimate of drug-likeness (QED) is 0.659. The molecule has 14 heavy (non-hydrogen) atoms. The third-order valence-corrected chi connectivity index (χ3v) is 3.33. The maximum absolute atomic E-state index is 10.8. The minimum Gasteiger partial charge on any atom is -0.481 e. The number of unbranched alkanes of at least 4 members (excludes halogenated alkanes) is 1. The third-order valence-electron chi connectivity index (χ3n) is 3.33. The van der Waals surface area contributed by atoms with E-state index in [4.69, 9.17) is 10.8 Å². The van der Waals surface area contributed by atoms with Gasteiger partial charge in [-0.15, -0.1) is 0 Å². The minimum absolute atomic E-state index is 0.281. The van der Waals surface area contributed by atoms with E-state index in [0.717, 1.165) is 6.42 Å². The first-order chi connectivity index (χ1) is 6.63. The topological polar surface area (TPSA) is 63.3 Å². The zero-order valence-corrected chi connectivity index (χ0v) is 8.96. The summed E-state index contributed by atoms with van der Waals surface area (Å²) >= 11 is 0. The van der Waals surface area contributed by atoms with Gasteiger partial charge in [-0.2, -0.15) is 0 Å². The molecule has 1 saturated carbocycles. The third kappa shape index (κ3) is 2.98. The second kappa shape index (κ2) is 4.78. The average molecular weight is 199 g/mol. The average Bonchev–Trinajstić information content (AvgIpc) is 2.91. The fourth-order valence-corrected chi connectivity index (χ4v) is 2.08. The van der Waals surface area contributed by atoms with Gasteiger partial charge < -0.3 is 10.8 Å². The van der Waals surface area contributed by atoms with Crippen LogP contribution in [0.5, 0.6) is 0 Å². The summed E-state index contributed by atoms with van der Waals surface area (Å²) in [5.74, 6) is -1.05. The van der Waals surface area contributed by atoms with E-state index >= 15 is 0 Å². The number of nitrogens with two attached hydrogens (primary N) is 1. The van der Waals surface area contributed by atoms with Crippen molar-refractivity contribution in [3.05, 3.63) is 0 Å². The molecule has 1 unspecified atom stereocenters. The van der Waals surface area contributed by atoms with Gasteiger partial charge in [-0.3, -0.25) is 4.79 Å². The maximum atomic E-state index is 10.8. The van der Waals surface area contributed by atoms with Crippen molar-refractivity contribution in [1.82, 2.24) is 0 Å². The van der Waals surface area contributed by atoms with Gasteiger partial charge in [0.05, 0.1) is 5.92 Å². The van der Waals surface area contributed by atoms with Crippen molar-refractivity contribution in [2.24, 2.45) is 17.1 Å². The van der Waals surface area contributed by atoms with Gasteiger partial charge in [0.2, 0.25) is 0 Å². The molecule has 82 valence electrons. The molecule has 0 aromatic heterocycles. The maximum Gasteiger partial charge on any atom is 0.307 e. The molecule has 0 radical (unpaired) electrons. The van der Waals surface area contributed by atoms with Gasteiger partial charge in [0.1, 0.15) is 0 Å². The summed E-state index contributed by atoms with van der Waals surface area (Å²) in [7, 11) is 0. The van der Waals surface area contributed by atoms with E-state index in [1.807, 2.05) is 0 Å². The molecule has 1 aliphatic carbocycles. The zero-order valence-electron chi connectivity index (χ0n) is 8.96. The molecule has 0 spiro atoms. The molecule has 0 heterocycles. The molecular formula is C11H21NO2. The van der Waals surface area contributed by atoms with E-state index in [1.165, 1.54) is 32.1 Å². The van der Waals surface area contributed by atoms with Crippen LogP contribution in [0.3, 0.4) is 0 Å². The Morgan fingerprint density at radius 3 is 2.57 bits per heavy atom. The summed E-state index contributed by atoms with van der Waals surface area (Å²) < 4.78 is 0. The first-order valence-electron chi connectivity index (χ1n) is 5.56. The number of aliphatic carboxylic acids is 1. The lowest BCUT2D eigenvalue weighted by Crippen LogP contribution is -2.26. The number of carboxylic acids is 1. The van der Waals surface area contributed by atoms with Gasteiger partial charge in [0.15, 0.2) is 0 Å². The van der Waals surface area contributed by atoms with E-state index < -0.39 is 5.97 Å². The van der Waals surface area contributed by atoms with Crippen molar-refractivity contribution >= 4 is 5.97 Å². The highest BCUT2D eigenvalue weighted by molar-refractivity contribution is 5.70. The lowest BCUT2D eigenvalue weighted by atomic mass is 9.88. The van der Waals surface area contributed by atoms with Crippen LogP contribution < -0.4 is 5.73 Å². The Kier molecular flexibility index (Phi) is 3.93. The molecule has 1 fully saturated rings. The van der Waals surface area contributed by atoms with Gasteiger partial charge in [0.25, 0.3) is 0 Å². The lowest BCUT2D eigenvalue weighted by molar-refractivity contribution is -0.142. The Morgan fingerprint density at radius 1 is 1.57 bits per heavy atom. The summed E-state index contributed by atoms with van der Waals surface area (Å²) in [4.78, 5) is 10.8. The SMILES string of the molecule is CCCCC1(CC(CN)C(=O)O)CC1. The van der Waals surface area contributed by atoms with Crippen molar-refractivity contribution in [2.75, 3.05) is 6.54 Å². The Labute approximate surface area is 85.7 Å². The van der Waals surface area contributed by atoms with Crippen LogP contribution >= 0.6 is 0 Å². The summed E-state index contributed by atoms with van der Waals surface area (Å²) in [5.41, 5.74) is 5.80. The number of hydrogen-bond acceptors (Lipinski definition) is 2. The first kappa shape index (κ1) is 11.5. The molecule has 1 rings (SSSR count).